The molecular formula is C14H18ClN3O3. The van der Waals surface area contributed by atoms with Gasteiger partial charge in [-0.2, -0.15) is 4.98 Å². The van der Waals surface area contributed by atoms with Gasteiger partial charge in [-0.25, -0.2) is 9.78 Å². The Morgan fingerprint density at radius 2 is 2.19 bits per heavy atom. The first-order valence-electron chi connectivity index (χ1n) is 6.76. The van der Waals surface area contributed by atoms with Crippen LogP contribution in [0.15, 0.2) is 12.1 Å². The molecule has 21 heavy (non-hydrogen) atoms. The van der Waals surface area contributed by atoms with Crippen LogP contribution in [-0.2, 0) is 16.0 Å². The normalized spacial score (nSPS) is 12.4. The van der Waals surface area contributed by atoms with Gasteiger partial charge in [-0.3, -0.25) is 4.57 Å². The first-order chi connectivity index (χ1) is 10.1. The van der Waals surface area contributed by atoms with Gasteiger partial charge in [0.15, 0.2) is 5.65 Å². The number of esters is 1. The van der Waals surface area contributed by atoms with Gasteiger partial charge in [0.05, 0.1) is 13.7 Å². The highest BCUT2D eigenvalue weighted by Crippen LogP contribution is 2.23. The summed E-state index contributed by atoms with van der Waals surface area (Å²) in [7, 11) is 1.54. The van der Waals surface area contributed by atoms with Crippen molar-refractivity contribution in [2.45, 2.75) is 26.3 Å². The number of fused-ring (bicyclic) bond motifs is 1. The minimum Gasteiger partial charge on any atom is -0.481 e. The Hall–Kier alpha value is -1.82. The summed E-state index contributed by atoms with van der Waals surface area (Å²) in [6.07, 6.45) is 0.546. The summed E-state index contributed by atoms with van der Waals surface area (Å²) in [5.74, 6) is 1.27. The Labute approximate surface area is 128 Å². The number of alkyl halides is 1. The molecule has 114 valence electrons. The zero-order chi connectivity index (χ0) is 15.4. The van der Waals surface area contributed by atoms with E-state index in [0.29, 0.717) is 41.8 Å². The SMILES string of the molecule is CCOC(=O)C(C)n1c(CCCl)nc2ccc(OC)nc21. The van der Waals surface area contributed by atoms with Crippen LogP contribution in [0, 0.1) is 0 Å². The van der Waals surface area contributed by atoms with Crippen LogP contribution in [0.3, 0.4) is 0 Å². The Morgan fingerprint density at radius 1 is 1.43 bits per heavy atom. The molecule has 0 amide bonds. The smallest absolute Gasteiger partial charge is 0.328 e. The summed E-state index contributed by atoms with van der Waals surface area (Å²) in [4.78, 5) is 20.9. The standard InChI is InChI=1S/C14H18ClN3O3/c1-4-21-14(19)9(2)18-11(7-8-15)16-10-5-6-12(20-3)17-13(10)18/h5-6,9H,4,7-8H2,1-3H3. The maximum absolute atomic E-state index is 12.0. The Kier molecular flexibility index (Phi) is 5.01. The Balaban J connectivity index is 2.55. The largest absolute Gasteiger partial charge is 0.481 e. The average molecular weight is 312 g/mol. The van der Waals surface area contributed by atoms with Crippen molar-refractivity contribution in [2.75, 3.05) is 19.6 Å². The molecule has 6 nitrogen and oxygen atoms in total. The van der Waals surface area contributed by atoms with E-state index in [4.69, 9.17) is 21.1 Å². The van der Waals surface area contributed by atoms with E-state index in [9.17, 15) is 4.79 Å². The fraction of sp³-hybridized carbons (Fsp3) is 0.500. The van der Waals surface area contributed by atoms with E-state index < -0.39 is 6.04 Å². The van der Waals surface area contributed by atoms with Gasteiger partial charge in [0.1, 0.15) is 17.4 Å². The van der Waals surface area contributed by atoms with Crippen molar-refractivity contribution in [2.24, 2.45) is 0 Å². The maximum Gasteiger partial charge on any atom is 0.328 e. The summed E-state index contributed by atoms with van der Waals surface area (Å²) < 4.78 is 12.0. The van der Waals surface area contributed by atoms with E-state index in [1.54, 1.807) is 31.6 Å². The van der Waals surface area contributed by atoms with Crippen molar-refractivity contribution < 1.29 is 14.3 Å². The van der Waals surface area contributed by atoms with E-state index >= 15 is 0 Å². The van der Waals surface area contributed by atoms with Crippen molar-refractivity contribution in [1.82, 2.24) is 14.5 Å². The molecule has 0 saturated carbocycles. The van der Waals surface area contributed by atoms with Gasteiger partial charge in [-0.1, -0.05) is 0 Å². The fourth-order valence-corrected chi connectivity index (χ4v) is 2.32. The van der Waals surface area contributed by atoms with E-state index in [0.717, 1.165) is 0 Å². The number of methoxy groups -OCH3 is 1. The highest BCUT2D eigenvalue weighted by molar-refractivity contribution is 6.17. The number of hydrogen-bond acceptors (Lipinski definition) is 5. The molecular weight excluding hydrogens is 294 g/mol. The molecule has 0 aromatic carbocycles. The maximum atomic E-state index is 12.0. The molecule has 1 atom stereocenters. The molecule has 0 bridgehead atoms. The molecule has 7 heteroatoms. The van der Waals surface area contributed by atoms with Crippen LogP contribution in [0.2, 0.25) is 0 Å². The predicted molar refractivity (Wildman–Crippen MR) is 79.8 cm³/mol. The number of carbonyl (C=O) groups is 1. The lowest BCUT2D eigenvalue weighted by Crippen LogP contribution is -2.21. The zero-order valence-corrected chi connectivity index (χ0v) is 13.1. The molecule has 0 N–H and O–H groups in total. The van der Waals surface area contributed by atoms with Crippen molar-refractivity contribution in [3.05, 3.63) is 18.0 Å². The lowest BCUT2D eigenvalue weighted by molar-refractivity contribution is -0.146. The molecule has 2 rings (SSSR count). The lowest BCUT2D eigenvalue weighted by Gasteiger charge is -2.15. The van der Waals surface area contributed by atoms with E-state index in [-0.39, 0.29) is 5.97 Å². The molecule has 2 heterocycles. The summed E-state index contributed by atoms with van der Waals surface area (Å²) in [5.41, 5.74) is 1.29. The van der Waals surface area contributed by atoms with Crippen LogP contribution in [0.1, 0.15) is 25.7 Å². The quantitative estimate of drug-likeness (QED) is 0.605. The first kappa shape index (κ1) is 15.6. The number of aryl methyl sites for hydroxylation is 1. The van der Waals surface area contributed by atoms with Crippen LogP contribution in [-0.4, -0.2) is 40.1 Å². The Bertz CT molecular complexity index is 642. The minimum atomic E-state index is -0.521. The highest BCUT2D eigenvalue weighted by atomic mass is 35.5. The average Bonchev–Trinajstić information content (AvgIpc) is 2.84. The van der Waals surface area contributed by atoms with Crippen LogP contribution >= 0.6 is 11.6 Å². The molecule has 0 spiro atoms. The van der Waals surface area contributed by atoms with Crippen LogP contribution in [0.5, 0.6) is 5.88 Å². The number of hydrogen-bond donors (Lipinski definition) is 0. The van der Waals surface area contributed by atoms with E-state index in [1.807, 2.05) is 6.07 Å². The highest BCUT2D eigenvalue weighted by Gasteiger charge is 2.23. The van der Waals surface area contributed by atoms with Gasteiger partial charge in [-0.15, -0.1) is 11.6 Å². The molecule has 2 aromatic rings. The van der Waals surface area contributed by atoms with Crippen LogP contribution in [0.4, 0.5) is 0 Å². The molecule has 0 radical (unpaired) electrons. The summed E-state index contributed by atoms with van der Waals surface area (Å²) in [5, 5.41) is 0. The monoisotopic (exact) mass is 311 g/mol. The minimum absolute atomic E-state index is 0.322. The van der Waals surface area contributed by atoms with E-state index in [1.165, 1.54) is 0 Å². The van der Waals surface area contributed by atoms with Gasteiger partial charge in [0.25, 0.3) is 0 Å². The summed E-state index contributed by atoms with van der Waals surface area (Å²) in [6, 6.07) is 3.03. The molecule has 2 aromatic heterocycles. The molecule has 0 saturated heterocycles. The van der Waals surface area contributed by atoms with Crippen molar-refractivity contribution in [1.29, 1.82) is 0 Å². The number of nitrogens with zero attached hydrogens (tertiary/aromatic N) is 3. The summed E-state index contributed by atoms with van der Waals surface area (Å²) >= 11 is 5.82. The molecule has 0 fully saturated rings. The van der Waals surface area contributed by atoms with E-state index in [2.05, 4.69) is 9.97 Å². The molecule has 0 aliphatic carbocycles. The van der Waals surface area contributed by atoms with Crippen LogP contribution < -0.4 is 4.74 Å². The zero-order valence-electron chi connectivity index (χ0n) is 12.3. The van der Waals surface area contributed by atoms with Crippen molar-refractivity contribution in [3.63, 3.8) is 0 Å². The van der Waals surface area contributed by atoms with Gasteiger partial charge >= 0.3 is 5.97 Å². The lowest BCUT2D eigenvalue weighted by atomic mass is 10.3. The number of carbonyl (C=O) groups excluding carboxylic acids is 1. The van der Waals surface area contributed by atoms with Gasteiger partial charge in [0, 0.05) is 18.4 Å². The van der Waals surface area contributed by atoms with Crippen LogP contribution in [0.25, 0.3) is 11.2 Å². The third-order valence-corrected chi connectivity index (χ3v) is 3.32. The molecule has 1 unspecified atom stereocenters. The number of halogens is 1. The molecule has 0 aliphatic rings. The topological polar surface area (TPSA) is 66.2 Å². The number of aromatic nitrogens is 3. The second-order valence-electron chi connectivity index (χ2n) is 4.46. The van der Waals surface area contributed by atoms with Crippen molar-refractivity contribution in [3.8, 4) is 5.88 Å². The number of rotatable bonds is 6. The summed E-state index contributed by atoms with van der Waals surface area (Å²) in [6.45, 7) is 3.87. The first-order valence-corrected chi connectivity index (χ1v) is 7.30. The van der Waals surface area contributed by atoms with Crippen molar-refractivity contribution >= 4 is 28.7 Å². The number of ether oxygens (including phenoxy) is 2. The fourth-order valence-electron chi connectivity index (χ4n) is 2.15. The van der Waals surface area contributed by atoms with Gasteiger partial charge in [0.2, 0.25) is 5.88 Å². The van der Waals surface area contributed by atoms with Gasteiger partial charge < -0.3 is 9.47 Å². The second-order valence-corrected chi connectivity index (χ2v) is 4.84. The third-order valence-electron chi connectivity index (χ3n) is 3.13. The predicted octanol–water partition coefficient (Wildman–Crippen LogP) is 2.35. The third kappa shape index (κ3) is 3.10. The number of imidazole rings is 1. The Morgan fingerprint density at radius 3 is 2.81 bits per heavy atom. The van der Waals surface area contributed by atoms with Gasteiger partial charge in [-0.05, 0) is 19.9 Å². The number of pyridine rings is 1. The molecule has 0 aliphatic heterocycles. The second kappa shape index (κ2) is 6.76.